The van der Waals surface area contributed by atoms with Gasteiger partial charge in [0.1, 0.15) is 11.5 Å². The number of ether oxygens (including phenoxy) is 1. The summed E-state index contributed by atoms with van der Waals surface area (Å²) in [6.07, 6.45) is 0. The number of carbonyl (C=O) groups is 1. The van der Waals surface area contributed by atoms with Crippen LogP contribution in [0.25, 0.3) is 0 Å². The lowest BCUT2D eigenvalue weighted by Gasteiger charge is -2.15. The van der Waals surface area contributed by atoms with E-state index in [4.69, 9.17) is 10.5 Å². The van der Waals surface area contributed by atoms with Crippen molar-refractivity contribution in [1.29, 1.82) is 0 Å². The molecule has 0 saturated carbocycles. The van der Waals surface area contributed by atoms with Crippen molar-refractivity contribution in [3.05, 3.63) is 54.1 Å². The first-order valence-electron chi connectivity index (χ1n) is 7.37. The van der Waals surface area contributed by atoms with Crippen LogP contribution in [0, 0.1) is 12.8 Å². The van der Waals surface area contributed by atoms with Crippen molar-refractivity contribution in [3.63, 3.8) is 0 Å². The molecule has 2 aromatic carbocycles. The number of hydrogen-bond donors (Lipinski definition) is 2. The van der Waals surface area contributed by atoms with Gasteiger partial charge >= 0.3 is 0 Å². The maximum atomic E-state index is 11.9. The largest absolute Gasteiger partial charge is 0.457 e. The SMILES string of the molecule is Cc1ccc(Oc2ccc(NC(=O)C(C)C(C)N)cc2)cc1. The van der Waals surface area contributed by atoms with Crippen LogP contribution in [0.15, 0.2) is 48.5 Å². The number of carbonyl (C=O) groups excluding carboxylic acids is 1. The molecule has 0 aromatic heterocycles. The molecule has 4 heteroatoms. The van der Waals surface area contributed by atoms with E-state index in [0.717, 1.165) is 17.2 Å². The van der Waals surface area contributed by atoms with E-state index in [-0.39, 0.29) is 17.9 Å². The van der Waals surface area contributed by atoms with E-state index >= 15 is 0 Å². The van der Waals surface area contributed by atoms with Crippen molar-refractivity contribution in [2.75, 3.05) is 5.32 Å². The molecule has 3 N–H and O–H groups in total. The minimum atomic E-state index is -0.233. The average Bonchev–Trinajstić information content (AvgIpc) is 2.50. The van der Waals surface area contributed by atoms with Gasteiger partial charge in [-0.3, -0.25) is 4.79 Å². The Balaban J connectivity index is 1.98. The number of rotatable bonds is 5. The number of benzene rings is 2. The van der Waals surface area contributed by atoms with Gasteiger partial charge in [0.2, 0.25) is 5.91 Å². The lowest BCUT2D eigenvalue weighted by molar-refractivity contribution is -0.119. The molecule has 2 aromatic rings. The molecular formula is C18H22N2O2. The third-order valence-corrected chi connectivity index (χ3v) is 3.58. The fraction of sp³-hybridized carbons (Fsp3) is 0.278. The summed E-state index contributed by atoms with van der Waals surface area (Å²) < 4.78 is 5.75. The van der Waals surface area contributed by atoms with Gasteiger partial charge in [-0.25, -0.2) is 0 Å². The van der Waals surface area contributed by atoms with E-state index in [2.05, 4.69) is 5.32 Å². The van der Waals surface area contributed by atoms with E-state index in [1.54, 1.807) is 0 Å². The van der Waals surface area contributed by atoms with Crippen LogP contribution in [-0.2, 0) is 4.79 Å². The molecule has 0 heterocycles. The van der Waals surface area contributed by atoms with Crippen molar-refractivity contribution >= 4 is 11.6 Å². The molecule has 1 amide bonds. The Hall–Kier alpha value is -2.33. The third-order valence-electron chi connectivity index (χ3n) is 3.58. The normalized spacial score (nSPS) is 13.3. The topological polar surface area (TPSA) is 64.3 Å². The third kappa shape index (κ3) is 4.33. The summed E-state index contributed by atoms with van der Waals surface area (Å²) in [7, 11) is 0. The van der Waals surface area contributed by atoms with Gasteiger partial charge in [-0.2, -0.15) is 0 Å². The van der Waals surface area contributed by atoms with Crippen LogP contribution >= 0.6 is 0 Å². The Bertz CT molecular complexity index is 619. The van der Waals surface area contributed by atoms with Gasteiger partial charge in [0.15, 0.2) is 0 Å². The van der Waals surface area contributed by atoms with Crippen molar-refractivity contribution in [3.8, 4) is 11.5 Å². The maximum Gasteiger partial charge on any atom is 0.228 e. The summed E-state index contributed by atoms with van der Waals surface area (Å²) in [4.78, 5) is 11.9. The van der Waals surface area contributed by atoms with Crippen LogP contribution in [0.1, 0.15) is 19.4 Å². The number of nitrogens with two attached hydrogens (primary N) is 1. The second-order valence-corrected chi connectivity index (χ2v) is 5.58. The zero-order chi connectivity index (χ0) is 16.1. The highest BCUT2D eigenvalue weighted by molar-refractivity contribution is 5.92. The second kappa shape index (κ2) is 7.09. The predicted molar refractivity (Wildman–Crippen MR) is 89.1 cm³/mol. The first-order chi connectivity index (χ1) is 10.5. The molecular weight excluding hydrogens is 276 g/mol. The molecule has 2 atom stereocenters. The molecule has 116 valence electrons. The number of amides is 1. The first-order valence-corrected chi connectivity index (χ1v) is 7.37. The van der Waals surface area contributed by atoms with Gasteiger partial charge < -0.3 is 15.8 Å². The van der Waals surface area contributed by atoms with Gasteiger partial charge in [-0.1, -0.05) is 24.6 Å². The predicted octanol–water partition coefficient (Wildman–Crippen LogP) is 3.71. The zero-order valence-corrected chi connectivity index (χ0v) is 13.2. The van der Waals surface area contributed by atoms with Crippen molar-refractivity contribution < 1.29 is 9.53 Å². The molecule has 2 unspecified atom stereocenters. The Morgan fingerprint density at radius 2 is 1.50 bits per heavy atom. The lowest BCUT2D eigenvalue weighted by Crippen LogP contribution is -2.34. The Morgan fingerprint density at radius 1 is 1.00 bits per heavy atom. The van der Waals surface area contributed by atoms with Crippen LogP contribution in [-0.4, -0.2) is 11.9 Å². The van der Waals surface area contributed by atoms with E-state index < -0.39 is 0 Å². The smallest absolute Gasteiger partial charge is 0.228 e. The van der Waals surface area contributed by atoms with Crippen molar-refractivity contribution in [1.82, 2.24) is 0 Å². The molecule has 0 spiro atoms. The van der Waals surface area contributed by atoms with Crippen LogP contribution in [0.4, 0.5) is 5.69 Å². The van der Waals surface area contributed by atoms with Gasteiger partial charge in [0.05, 0.1) is 5.92 Å². The van der Waals surface area contributed by atoms with Gasteiger partial charge in [-0.15, -0.1) is 0 Å². The second-order valence-electron chi connectivity index (χ2n) is 5.58. The Morgan fingerprint density at radius 3 is 2.00 bits per heavy atom. The summed E-state index contributed by atoms with van der Waals surface area (Å²) in [6, 6.07) is 15.0. The minimum absolute atomic E-state index is 0.0813. The van der Waals surface area contributed by atoms with E-state index in [9.17, 15) is 4.79 Å². The molecule has 0 bridgehead atoms. The lowest BCUT2D eigenvalue weighted by atomic mass is 10.0. The summed E-state index contributed by atoms with van der Waals surface area (Å²) in [6.45, 7) is 5.67. The quantitative estimate of drug-likeness (QED) is 0.884. The van der Waals surface area contributed by atoms with Gasteiger partial charge in [-0.05, 0) is 50.2 Å². The van der Waals surface area contributed by atoms with Crippen LogP contribution < -0.4 is 15.8 Å². The number of nitrogens with one attached hydrogen (secondary N) is 1. The highest BCUT2D eigenvalue weighted by Crippen LogP contribution is 2.23. The van der Waals surface area contributed by atoms with E-state index in [0.29, 0.717) is 0 Å². The van der Waals surface area contributed by atoms with Gasteiger partial charge in [0, 0.05) is 11.7 Å². The molecule has 0 aliphatic heterocycles. The van der Waals surface area contributed by atoms with Crippen LogP contribution in [0.2, 0.25) is 0 Å². The van der Waals surface area contributed by atoms with Crippen LogP contribution in [0.5, 0.6) is 11.5 Å². The van der Waals surface area contributed by atoms with Crippen molar-refractivity contribution in [2.45, 2.75) is 26.8 Å². The zero-order valence-electron chi connectivity index (χ0n) is 13.2. The van der Waals surface area contributed by atoms with Crippen LogP contribution in [0.3, 0.4) is 0 Å². The van der Waals surface area contributed by atoms with E-state index in [1.165, 1.54) is 5.56 Å². The highest BCUT2D eigenvalue weighted by Gasteiger charge is 2.16. The van der Waals surface area contributed by atoms with E-state index in [1.807, 2.05) is 69.3 Å². The Kier molecular flexibility index (Phi) is 5.17. The molecule has 0 saturated heterocycles. The highest BCUT2D eigenvalue weighted by atomic mass is 16.5. The Labute approximate surface area is 131 Å². The average molecular weight is 298 g/mol. The molecule has 22 heavy (non-hydrogen) atoms. The summed E-state index contributed by atoms with van der Waals surface area (Å²) in [5, 5.41) is 2.85. The van der Waals surface area contributed by atoms with Gasteiger partial charge in [0.25, 0.3) is 0 Å². The molecule has 0 aliphatic rings. The summed E-state index contributed by atoms with van der Waals surface area (Å²) in [5.41, 5.74) is 7.65. The monoisotopic (exact) mass is 298 g/mol. The number of hydrogen-bond acceptors (Lipinski definition) is 3. The maximum absolute atomic E-state index is 11.9. The number of anilines is 1. The molecule has 0 aliphatic carbocycles. The molecule has 4 nitrogen and oxygen atoms in total. The fourth-order valence-electron chi connectivity index (χ4n) is 1.84. The summed E-state index contributed by atoms with van der Waals surface area (Å²) >= 11 is 0. The molecule has 0 radical (unpaired) electrons. The minimum Gasteiger partial charge on any atom is -0.457 e. The van der Waals surface area contributed by atoms with Crippen molar-refractivity contribution in [2.24, 2.45) is 11.7 Å². The molecule has 2 rings (SSSR count). The summed E-state index contributed by atoms with van der Waals surface area (Å²) in [5.74, 6) is 1.20. The molecule has 0 fully saturated rings. The fourth-order valence-corrected chi connectivity index (χ4v) is 1.84. The standard InChI is InChI=1S/C18H22N2O2/c1-12-4-8-16(9-5-12)22-17-10-6-15(7-11-17)20-18(21)13(2)14(3)19/h4-11,13-14H,19H2,1-3H3,(H,20,21). The number of aryl methyl sites for hydroxylation is 1. The first kappa shape index (κ1) is 16.0.